The first-order valence-electron chi connectivity index (χ1n) is 11.0. The number of hydrogen-bond donors (Lipinski definition) is 1. The van der Waals surface area contributed by atoms with Gasteiger partial charge in [-0.05, 0) is 46.8 Å². The van der Waals surface area contributed by atoms with E-state index in [0.717, 1.165) is 0 Å². The van der Waals surface area contributed by atoms with Crippen LogP contribution < -0.4 is 24.3 Å². The Hall–Kier alpha value is -3.33. The molecule has 0 heterocycles. The largest absolute Gasteiger partial charge is 0.494 e. The summed E-state index contributed by atoms with van der Waals surface area (Å²) in [6, 6.07) is 6.84. The molecule has 9 nitrogen and oxygen atoms in total. The number of hydrogen-bond acceptors (Lipinski definition) is 8. The maximum Gasteiger partial charge on any atom is 0.258 e. The van der Waals surface area contributed by atoms with Crippen molar-refractivity contribution in [3.8, 4) is 23.0 Å². The molecule has 0 spiro atoms. The van der Waals surface area contributed by atoms with Gasteiger partial charge in [0.1, 0.15) is 22.3 Å². The predicted molar refractivity (Wildman–Crippen MR) is 130 cm³/mol. The molecule has 2 aromatic carbocycles. The molecule has 1 N–H and O–H groups in total. The molecule has 1 amide bonds. The highest BCUT2D eigenvalue weighted by Gasteiger charge is 2.25. The van der Waals surface area contributed by atoms with Crippen molar-refractivity contribution in [2.24, 2.45) is 10.2 Å². The molecule has 10 heteroatoms. The number of carbonyl (C=O) groups is 2. The Balaban J connectivity index is 2.31. The highest BCUT2D eigenvalue weighted by molar-refractivity contribution is 6.34. The van der Waals surface area contributed by atoms with Crippen molar-refractivity contribution >= 4 is 34.7 Å². The molecule has 0 aliphatic rings. The van der Waals surface area contributed by atoms with Crippen molar-refractivity contribution in [1.29, 1.82) is 0 Å². The molecular formula is C24H30ClN3O6. The van der Waals surface area contributed by atoms with Crippen LogP contribution in [0.25, 0.3) is 0 Å². The van der Waals surface area contributed by atoms with Crippen LogP contribution in [0.5, 0.6) is 23.0 Å². The van der Waals surface area contributed by atoms with E-state index < -0.39 is 17.7 Å². The first kappa shape index (κ1) is 26.9. The Bertz CT molecular complexity index is 1000. The third kappa shape index (κ3) is 7.34. The van der Waals surface area contributed by atoms with Crippen LogP contribution >= 0.6 is 11.6 Å². The molecule has 1 atom stereocenters. The Morgan fingerprint density at radius 3 is 2.03 bits per heavy atom. The second kappa shape index (κ2) is 13.4. The number of Topliss-reactive ketones (excluding diaryl/α,β-unsaturated/α-hetero) is 1. The lowest BCUT2D eigenvalue weighted by Crippen LogP contribution is -2.32. The Morgan fingerprint density at radius 1 is 0.912 bits per heavy atom. The number of nitrogens with one attached hydrogen (secondary N) is 1. The van der Waals surface area contributed by atoms with Gasteiger partial charge in [0.05, 0.1) is 37.8 Å². The lowest BCUT2D eigenvalue weighted by atomic mass is 10.2. The topological polar surface area (TPSA) is 108 Å². The van der Waals surface area contributed by atoms with Crippen LogP contribution in [0.15, 0.2) is 40.6 Å². The van der Waals surface area contributed by atoms with Gasteiger partial charge in [0.2, 0.25) is 6.04 Å². The van der Waals surface area contributed by atoms with Crippen LogP contribution in [0.3, 0.4) is 0 Å². The van der Waals surface area contributed by atoms with Crippen LogP contribution in [0.1, 0.15) is 34.6 Å². The Kier molecular flexibility index (Phi) is 10.6. The fourth-order valence-electron chi connectivity index (χ4n) is 2.95. The first-order chi connectivity index (χ1) is 16.3. The first-order valence-corrected chi connectivity index (χ1v) is 11.4. The summed E-state index contributed by atoms with van der Waals surface area (Å²) >= 11 is 6.39. The summed E-state index contributed by atoms with van der Waals surface area (Å²) in [6.07, 6.45) is 0. The summed E-state index contributed by atoms with van der Waals surface area (Å²) in [5.74, 6) is 0.583. The third-order valence-corrected chi connectivity index (χ3v) is 4.67. The van der Waals surface area contributed by atoms with Crippen LogP contribution in [-0.2, 0) is 9.59 Å². The summed E-state index contributed by atoms with van der Waals surface area (Å²) in [6.45, 7) is 10.2. The summed E-state index contributed by atoms with van der Waals surface area (Å²) < 4.78 is 22.1. The van der Waals surface area contributed by atoms with Crippen molar-refractivity contribution in [1.82, 2.24) is 0 Å². The van der Waals surface area contributed by atoms with Gasteiger partial charge in [-0.3, -0.25) is 9.59 Å². The second-order valence-corrected chi connectivity index (χ2v) is 7.24. The van der Waals surface area contributed by atoms with Gasteiger partial charge in [-0.1, -0.05) is 11.6 Å². The van der Waals surface area contributed by atoms with Crippen molar-refractivity contribution < 1.29 is 28.5 Å². The van der Waals surface area contributed by atoms with Gasteiger partial charge >= 0.3 is 0 Å². The average molecular weight is 492 g/mol. The van der Waals surface area contributed by atoms with Gasteiger partial charge in [-0.25, -0.2) is 0 Å². The van der Waals surface area contributed by atoms with Gasteiger partial charge in [0.15, 0.2) is 11.5 Å². The molecular weight excluding hydrogens is 462 g/mol. The van der Waals surface area contributed by atoms with E-state index in [0.29, 0.717) is 55.1 Å². The molecule has 0 bridgehead atoms. The molecule has 0 aliphatic carbocycles. The number of ether oxygens (including phenoxy) is 4. The number of azo groups is 1. The molecule has 2 rings (SSSR count). The number of amides is 1. The van der Waals surface area contributed by atoms with Gasteiger partial charge in [0, 0.05) is 18.2 Å². The number of carbonyl (C=O) groups excluding carboxylic acids is 2. The molecule has 184 valence electrons. The summed E-state index contributed by atoms with van der Waals surface area (Å²) in [5, 5.41) is 11.0. The van der Waals surface area contributed by atoms with E-state index in [1.165, 1.54) is 6.92 Å². The quantitative estimate of drug-likeness (QED) is 0.288. The third-order valence-electron chi connectivity index (χ3n) is 4.32. The average Bonchev–Trinajstić information content (AvgIpc) is 2.78. The van der Waals surface area contributed by atoms with Crippen LogP contribution in [0.2, 0.25) is 5.02 Å². The van der Waals surface area contributed by atoms with E-state index in [1.807, 2.05) is 20.8 Å². The van der Waals surface area contributed by atoms with Crippen molar-refractivity contribution in [2.45, 2.75) is 40.7 Å². The molecule has 0 aromatic heterocycles. The van der Waals surface area contributed by atoms with E-state index >= 15 is 0 Å². The highest BCUT2D eigenvalue weighted by Crippen LogP contribution is 2.40. The van der Waals surface area contributed by atoms with Crippen molar-refractivity contribution in [3.05, 3.63) is 35.4 Å². The van der Waals surface area contributed by atoms with E-state index in [4.69, 9.17) is 30.5 Å². The fraction of sp³-hybridized carbons (Fsp3) is 0.417. The number of anilines is 1. The number of halogens is 1. The van der Waals surface area contributed by atoms with Gasteiger partial charge < -0.3 is 24.3 Å². The molecule has 1 unspecified atom stereocenters. The number of nitrogens with zero attached hydrogens (tertiary/aromatic N) is 2. The normalized spacial score (nSPS) is 11.7. The molecule has 0 saturated carbocycles. The zero-order chi connectivity index (χ0) is 25.1. The molecule has 0 radical (unpaired) electrons. The summed E-state index contributed by atoms with van der Waals surface area (Å²) in [4.78, 5) is 25.1. The zero-order valence-electron chi connectivity index (χ0n) is 20.0. The maximum absolute atomic E-state index is 12.9. The predicted octanol–water partition coefficient (Wildman–Crippen LogP) is 5.61. The van der Waals surface area contributed by atoms with E-state index in [1.54, 1.807) is 37.3 Å². The minimum absolute atomic E-state index is 0.221. The lowest BCUT2D eigenvalue weighted by Gasteiger charge is -2.17. The maximum atomic E-state index is 12.9. The molecule has 2 aromatic rings. The van der Waals surface area contributed by atoms with Gasteiger partial charge in [0.25, 0.3) is 5.91 Å². The number of rotatable bonds is 13. The summed E-state index contributed by atoms with van der Waals surface area (Å²) in [7, 11) is 0. The monoisotopic (exact) mass is 491 g/mol. The van der Waals surface area contributed by atoms with E-state index in [-0.39, 0.29) is 10.8 Å². The van der Waals surface area contributed by atoms with Crippen molar-refractivity contribution in [3.63, 3.8) is 0 Å². The van der Waals surface area contributed by atoms with Crippen molar-refractivity contribution in [2.75, 3.05) is 31.7 Å². The minimum atomic E-state index is -1.38. The number of ketones is 1. The van der Waals surface area contributed by atoms with Gasteiger partial charge in [-0.2, -0.15) is 10.2 Å². The minimum Gasteiger partial charge on any atom is -0.494 e. The molecule has 0 fully saturated rings. The zero-order valence-corrected chi connectivity index (χ0v) is 20.8. The molecule has 0 saturated heterocycles. The van der Waals surface area contributed by atoms with Crippen LogP contribution in [0, 0.1) is 0 Å². The fourth-order valence-corrected chi connectivity index (χ4v) is 3.22. The smallest absolute Gasteiger partial charge is 0.258 e. The Labute approximate surface area is 204 Å². The number of benzene rings is 2. The Morgan fingerprint density at radius 2 is 1.50 bits per heavy atom. The second-order valence-electron chi connectivity index (χ2n) is 6.87. The SMILES string of the molecule is CCOc1cc(N=NC(C(C)=O)C(=O)Nc2ccc(OCC)c(Cl)c2OCC)cc(OCC)c1. The van der Waals surface area contributed by atoms with Gasteiger partial charge in [-0.15, -0.1) is 0 Å². The van der Waals surface area contributed by atoms with Crippen LogP contribution in [-0.4, -0.2) is 44.2 Å². The molecule has 34 heavy (non-hydrogen) atoms. The molecule has 0 aliphatic heterocycles. The highest BCUT2D eigenvalue weighted by atomic mass is 35.5. The summed E-state index contributed by atoms with van der Waals surface area (Å²) in [5.41, 5.74) is 0.672. The van der Waals surface area contributed by atoms with E-state index in [2.05, 4.69) is 15.5 Å². The lowest BCUT2D eigenvalue weighted by molar-refractivity contribution is -0.126. The van der Waals surface area contributed by atoms with Crippen LogP contribution in [0.4, 0.5) is 11.4 Å². The standard InChI is InChI=1S/C24H30ClN3O6/c1-6-31-17-12-16(13-18(14-17)32-7-2)27-28-22(15(5)29)24(30)26-19-10-11-20(33-8-3)21(25)23(19)34-9-4/h10-14,22H,6-9H2,1-5H3,(H,26,30). The van der Waals surface area contributed by atoms with E-state index in [9.17, 15) is 9.59 Å².